The van der Waals surface area contributed by atoms with Gasteiger partial charge in [0.05, 0.1) is 28.3 Å². The van der Waals surface area contributed by atoms with E-state index >= 15 is 0 Å². The Morgan fingerprint density at radius 1 is 1.09 bits per heavy atom. The Morgan fingerprint density at radius 3 is 2.69 bits per heavy atom. The van der Waals surface area contributed by atoms with Crippen molar-refractivity contribution in [1.82, 2.24) is 20.2 Å². The van der Waals surface area contributed by atoms with E-state index < -0.39 is 5.82 Å². The van der Waals surface area contributed by atoms with E-state index in [4.69, 9.17) is 11.6 Å². The number of hydrogen-bond acceptors (Lipinski definition) is 6. The fraction of sp³-hybridized carbons (Fsp3) is 0.0400. The number of benzene rings is 3. The summed E-state index contributed by atoms with van der Waals surface area (Å²) in [6.07, 6.45) is 1.49. The lowest BCUT2D eigenvalue weighted by atomic mass is 10.1. The molecule has 0 saturated heterocycles. The van der Waals surface area contributed by atoms with E-state index in [0.29, 0.717) is 46.0 Å². The first-order valence-electron chi connectivity index (χ1n) is 10.5. The molecule has 0 fully saturated rings. The number of pyridine rings is 1. The number of rotatable bonds is 6. The lowest BCUT2D eigenvalue weighted by Crippen LogP contribution is -2.03. The number of aromatic amines is 1. The van der Waals surface area contributed by atoms with Crippen LogP contribution in [-0.4, -0.2) is 20.2 Å². The molecule has 0 bridgehead atoms. The van der Waals surface area contributed by atoms with E-state index in [1.54, 1.807) is 6.07 Å². The fourth-order valence-corrected chi connectivity index (χ4v) is 4.32. The van der Waals surface area contributed by atoms with E-state index in [1.807, 2.05) is 42.5 Å². The van der Waals surface area contributed by atoms with E-state index in [0.717, 1.165) is 15.7 Å². The minimum atomic E-state index is -0.519. The Morgan fingerprint density at radius 2 is 1.91 bits per heavy atom. The summed E-state index contributed by atoms with van der Waals surface area (Å²) in [5.41, 5.74) is 3.79. The second-order valence-corrected chi connectivity index (χ2v) is 8.85. The number of anilines is 3. The molecule has 5 rings (SSSR count). The molecule has 35 heavy (non-hydrogen) atoms. The number of halogens is 3. The van der Waals surface area contributed by atoms with Crippen LogP contribution in [0.4, 0.5) is 21.5 Å². The van der Waals surface area contributed by atoms with Gasteiger partial charge < -0.3 is 10.6 Å². The van der Waals surface area contributed by atoms with Gasteiger partial charge in [0.25, 0.3) is 0 Å². The molecule has 0 atom stereocenters. The minimum absolute atomic E-state index is 0.0164. The highest BCUT2D eigenvalue weighted by Gasteiger charge is 2.14. The maximum atomic E-state index is 13.6. The molecule has 0 aliphatic carbocycles. The van der Waals surface area contributed by atoms with Gasteiger partial charge in [0.15, 0.2) is 5.82 Å². The van der Waals surface area contributed by atoms with Crippen LogP contribution in [0.5, 0.6) is 0 Å². The zero-order valence-corrected chi connectivity index (χ0v) is 20.3. The molecule has 5 aromatic rings. The van der Waals surface area contributed by atoms with Crippen LogP contribution in [0.2, 0.25) is 5.02 Å². The summed E-state index contributed by atoms with van der Waals surface area (Å²) in [5.74, 6) is 0.770. The standard InChI is InChI=1S/C25H16BrClFN7/c26-19-9-17(30-13-22-33-25(35-34-22)14-4-2-1-3-5-14)8-18-23(15(11-29)12-31-24(18)19)32-16-6-7-21(28)20(27)10-16/h1-10,12,30H,13H2,(H,31,32)(H,33,34,35). The number of aromatic nitrogens is 4. The van der Waals surface area contributed by atoms with Gasteiger partial charge in [-0.2, -0.15) is 10.4 Å². The minimum Gasteiger partial charge on any atom is -0.378 e. The molecule has 0 aliphatic heterocycles. The maximum Gasteiger partial charge on any atom is 0.181 e. The molecule has 0 aliphatic rings. The highest BCUT2D eigenvalue weighted by atomic mass is 79.9. The number of fused-ring (bicyclic) bond motifs is 1. The Bertz CT molecular complexity index is 1580. The molecule has 0 unspecified atom stereocenters. The van der Waals surface area contributed by atoms with Gasteiger partial charge in [-0.25, -0.2) is 9.37 Å². The first kappa shape index (κ1) is 22.8. The third-order valence-electron chi connectivity index (χ3n) is 5.26. The third-order valence-corrected chi connectivity index (χ3v) is 6.15. The number of nitrogens with one attached hydrogen (secondary N) is 3. The van der Waals surface area contributed by atoms with E-state index in [2.05, 4.69) is 52.8 Å². The predicted octanol–water partition coefficient (Wildman–Crippen LogP) is 6.80. The second-order valence-electron chi connectivity index (χ2n) is 7.59. The topological polar surface area (TPSA) is 102 Å². The summed E-state index contributed by atoms with van der Waals surface area (Å²) < 4.78 is 14.4. The van der Waals surface area contributed by atoms with Crippen LogP contribution in [0.25, 0.3) is 22.3 Å². The number of H-pyrrole nitrogens is 1. The van der Waals surface area contributed by atoms with Crippen molar-refractivity contribution in [3.05, 3.63) is 93.6 Å². The number of nitrogens with zero attached hydrogens (tertiary/aromatic N) is 4. The van der Waals surface area contributed by atoms with Crippen LogP contribution in [-0.2, 0) is 6.54 Å². The van der Waals surface area contributed by atoms with Gasteiger partial charge in [0.1, 0.15) is 17.7 Å². The van der Waals surface area contributed by atoms with Gasteiger partial charge in [0, 0.05) is 33.0 Å². The molecule has 0 radical (unpaired) electrons. The Balaban J connectivity index is 1.46. The molecule has 2 heterocycles. The zero-order valence-electron chi connectivity index (χ0n) is 18.0. The fourth-order valence-electron chi connectivity index (χ4n) is 3.58. The Kier molecular flexibility index (Phi) is 6.31. The summed E-state index contributed by atoms with van der Waals surface area (Å²) in [4.78, 5) is 8.97. The summed E-state index contributed by atoms with van der Waals surface area (Å²) in [5, 5.41) is 24.1. The smallest absolute Gasteiger partial charge is 0.181 e. The first-order valence-corrected chi connectivity index (χ1v) is 11.6. The second kappa shape index (κ2) is 9.70. The molecular formula is C25H16BrClFN7. The van der Waals surface area contributed by atoms with E-state index in [1.165, 1.54) is 18.3 Å². The maximum absolute atomic E-state index is 13.6. The highest BCUT2D eigenvalue weighted by Crippen LogP contribution is 2.35. The summed E-state index contributed by atoms with van der Waals surface area (Å²) in [7, 11) is 0. The number of hydrogen-bond donors (Lipinski definition) is 3. The molecule has 10 heteroatoms. The van der Waals surface area contributed by atoms with Crippen molar-refractivity contribution in [3.63, 3.8) is 0 Å². The van der Waals surface area contributed by atoms with Crippen molar-refractivity contribution in [2.75, 3.05) is 10.6 Å². The lowest BCUT2D eigenvalue weighted by molar-refractivity contribution is 0.628. The molecular weight excluding hydrogens is 533 g/mol. The van der Waals surface area contributed by atoms with Crippen LogP contribution in [0.15, 0.2) is 71.3 Å². The predicted molar refractivity (Wildman–Crippen MR) is 138 cm³/mol. The van der Waals surface area contributed by atoms with Crippen LogP contribution < -0.4 is 10.6 Å². The molecule has 3 N–H and O–H groups in total. The van der Waals surface area contributed by atoms with E-state index in [9.17, 15) is 9.65 Å². The van der Waals surface area contributed by atoms with Crippen LogP contribution in [0, 0.1) is 17.1 Å². The van der Waals surface area contributed by atoms with Gasteiger partial charge in [0.2, 0.25) is 0 Å². The number of nitriles is 1. The molecule has 0 spiro atoms. The molecule has 0 amide bonds. The average molecular weight is 549 g/mol. The van der Waals surface area contributed by atoms with Crippen molar-refractivity contribution < 1.29 is 4.39 Å². The SMILES string of the molecule is N#Cc1cnc2c(Br)cc(NCc3nc(-c4ccccc4)n[nH]3)cc2c1Nc1ccc(F)c(Cl)c1. The summed E-state index contributed by atoms with van der Waals surface area (Å²) in [6, 6.07) is 19.9. The van der Waals surface area contributed by atoms with Crippen LogP contribution in [0.1, 0.15) is 11.4 Å². The monoisotopic (exact) mass is 547 g/mol. The Hall–Kier alpha value is -4.00. The van der Waals surface area contributed by atoms with Crippen LogP contribution >= 0.6 is 27.5 Å². The molecule has 3 aromatic carbocycles. The molecule has 0 saturated carbocycles. The van der Waals surface area contributed by atoms with Crippen LogP contribution in [0.3, 0.4) is 0 Å². The van der Waals surface area contributed by atoms with Crippen molar-refractivity contribution in [1.29, 1.82) is 5.26 Å². The van der Waals surface area contributed by atoms with Gasteiger partial charge in [-0.05, 0) is 46.3 Å². The average Bonchev–Trinajstić information content (AvgIpc) is 3.35. The molecule has 2 aromatic heterocycles. The van der Waals surface area contributed by atoms with Crippen molar-refractivity contribution >= 4 is 55.5 Å². The largest absolute Gasteiger partial charge is 0.378 e. The molecule has 172 valence electrons. The zero-order chi connectivity index (χ0) is 24.4. The third kappa shape index (κ3) is 4.80. The first-order chi connectivity index (χ1) is 17.0. The van der Waals surface area contributed by atoms with E-state index in [-0.39, 0.29) is 5.02 Å². The highest BCUT2D eigenvalue weighted by molar-refractivity contribution is 9.10. The quantitative estimate of drug-likeness (QED) is 0.216. The van der Waals surface area contributed by atoms with Crippen molar-refractivity contribution in [3.8, 4) is 17.5 Å². The Labute approximate surface area is 213 Å². The summed E-state index contributed by atoms with van der Waals surface area (Å²) in [6.45, 7) is 0.402. The van der Waals surface area contributed by atoms with Crippen molar-refractivity contribution in [2.45, 2.75) is 6.54 Å². The molecule has 7 nitrogen and oxygen atoms in total. The van der Waals surface area contributed by atoms with Gasteiger partial charge in [-0.15, -0.1) is 0 Å². The van der Waals surface area contributed by atoms with Gasteiger partial charge in [-0.3, -0.25) is 10.1 Å². The van der Waals surface area contributed by atoms with Gasteiger partial charge in [-0.1, -0.05) is 41.9 Å². The van der Waals surface area contributed by atoms with Crippen molar-refractivity contribution in [2.24, 2.45) is 0 Å². The van der Waals surface area contributed by atoms with Gasteiger partial charge >= 0.3 is 0 Å². The lowest BCUT2D eigenvalue weighted by Gasteiger charge is -2.14. The normalized spacial score (nSPS) is 10.8. The summed E-state index contributed by atoms with van der Waals surface area (Å²) >= 11 is 9.52.